The predicted octanol–water partition coefficient (Wildman–Crippen LogP) is 4.83. The fourth-order valence-electron chi connectivity index (χ4n) is 2.36. The SMILES string of the molecule is COC(=O)C(C#N)C(CC(=O)c1sccc1Br)c1ccc(Cl)cc1. The maximum atomic E-state index is 12.6. The van der Waals surface area contributed by atoms with Gasteiger partial charge in [0.15, 0.2) is 11.7 Å². The van der Waals surface area contributed by atoms with E-state index < -0.39 is 17.8 Å². The number of benzene rings is 1. The summed E-state index contributed by atoms with van der Waals surface area (Å²) in [7, 11) is 1.23. The predicted molar refractivity (Wildman–Crippen MR) is 96.3 cm³/mol. The molecule has 0 bridgehead atoms. The van der Waals surface area contributed by atoms with Gasteiger partial charge in [-0.3, -0.25) is 9.59 Å². The summed E-state index contributed by atoms with van der Waals surface area (Å²) in [5, 5.41) is 11.8. The summed E-state index contributed by atoms with van der Waals surface area (Å²) in [5.41, 5.74) is 0.692. The lowest BCUT2D eigenvalue weighted by molar-refractivity contribution is -0.144. The van der Waals surface area contributed by atoms with Gasteiger partial charge in [-0.15, -0.1) is 11.3 Å². The minimum absolute atomic E-state index is 0.0219. The van der Waals surface area contributed by atoms with Gasteiger partial charge in [-0.25, -0.2) is 0 Å². The van der Waals surface area contributed by atoms with Gasteiger partial charge in [0.25, 0.3) is 0 Å². The first kappa shape index (κ1) is 18.7. The Morgan fingerprint density at radius 2 is 2.00 bits per heavy atom. The van der Waals surface area contributed by atoms with Crippen molar-refractivity contribution < 1.29 is 14.3 Å². The molecule has 2 aromatic rings. The molecule has 0 saturated carbocycles. The monoisotopic (exact) mass is 425 g/mol. The number of hydrogen-bond acceptors (Lipinski definition) is 5. The maximum Gasteiger partial charge on any atom is 0.323 e. The van der Waals surface area contributed by atoms with Gasteiger partial charge in [0.05, 0.1) is 18.1 Å². The fraction of sp³-hybridized carbons (Fsp3) is 0.235. The Bertz CT molecular complexity index is 782. The third kappa shape index (κ3) is 4.23. The van der Waals surface area contributed by atoms with E-state index in [-0.39, 0.29) is 12.2 Å². The number of ether oxygens (including phenoxy) is 1. The maximum absolute atomic E-state index is 12.6. The van der Waals surface area contributed by atoms with Crippen LogP contribution in [0.1, 0.15) is 27.6 Å². The summed E-state index contributed by atoms with van der Waals surface area (Å²) in [4.78, 5) is 25.1. The third-order valence-corrected chi connectivity index (χ3v) is 5.70. The number of Topliss-reactive ketones (excluding diaryl/α,β-unsaturated/α-hetero) is 1. The Balaban J connectivity index is 2.37. The smallest absolute Gasteiger partial charge is 0.323 e. The van der Waals surface area contributed by atoms with Crippen molar-refractivity contribution in [3.8, 4) is 6.07 Å². The van der Waals surface area contributed by atoms with Crippen molar-refractivity contribution >= 4 is 50.6 Å². The summed E-state index contributed by atoms with van der Waals surface area (Å²) in [5.74, 6) is -2.48. The van der Waals surface area contributed by atoms with Crippen LogP contribution < -0.4 is 0 Å². The Morgan fingerprint density at radius 1 is 1.33 bits per heavy atom. The molecule has 2 rings (SSSR count). The van der Waals surface area contributed by atoms with Crippen LogP contribution in [0.2, 0.25) is 5.02 Å². The number of nitriles is 1. The van der Waals surface area contributed by atoms with Crippen molar-refractivity contribution in [3.05, 3.63) is 55.6 Å². The number of halogens is 2. The van der Waals surface area contributed by atoms with Crippen LogP contribution in [0.3, 0.4) is 0 Å². The summed E-state index contributed by atoms with van der Waals surface area (Å²) >= 11 is 10.5. The fourth-order valence-corrected chi connectivity index (χ4v) is 4.03. The standard InChI is InChI=1S/C17H13BrClNO3S/c1-23-17(22)13(9-20)12(10-2-4-11(19)5-3-10)8-15(21)16-14(18)6-7-24-16/h2-7,12-13H,8H2,1H3. The van der Waals surface area contributed by atoms with Crippen molar-refractivity contribution in [2.45, 2.75) is 12.3 Å². The number of rotatable bonds is 6. The van der Waals surface area contributed by atoms with Gasteiger partial charge < -0.3 is 4.74 Å². The normalized spacial score (nSPS) is 12.9. The number of hydrogen-bond donors (Lipinski definition) is 0. The number of carbonyl (C=O) groups is 2. The molecule has 1 aromatic carbocycles. The summed E-state index contributed by atoms with van der Waals surface area (Å²) < 4.78 is 5.43. The lowest BCUT2D eigenvalue weighted by Gasteiger charge is -2.20. The average Bonchev–Trinajstić information content (AvgIpc) is 3.01. The third-order valence-electron chi connectivity index (χ3n) is 3.57. The van der Waals surface area contributed by atoms with Gasteiger partial charge in [0.2, 0.25) is 0 Å². The van der Waals surface area contributed by atoms with Crippen LogP contribution in [-0.4, -0.2) is 18.9 Å². The second-order valence-corrected chi connectivity index (χ2v) is 7.22. The van der Waals surface area contributed by atoms with Gasteiger partial charge in [0.1, 0.15) is 0 Å². The average molecular weight is 427 g/mol. The minimum atomic E-state index is -1.07. The molecule has 0 aliphatic heterocycles. The summed E-state index contributed by atoms with van der Waals surface area (Å²) in [6, 6.07) is 10.5. The molecule has 124 valence electrons. The summed E-state index contributed by atoms with van der Waals surface area (Å²) in [6.07, 6.45) is 0.0219. The summed E-state index contributed by atoms with van der Waals surface area (Å²) in [6.45, 7) is 0. The van der Waals surface area contributed by atoms with E-state index >= 15 is 0 Å². The highest BCUT2D eigenvalue weighted by atomic mass is 79.9. The topological polar surface area (TPSA) is 67.2 Å². The number of carbonyl (C=O) groups excluding carboxylic acids is 2. The molecule has 0 spiro atoms. The van der Waals surface area contributed by atoms with Crippen LogP contribution >= 0.6 is 38.9 Å². The lowest BCUT2D eigenvalue weighted by Crippen LogP contribution is -2.24. The van der Waals surface area contributed by atoms with Crippen molar-refractivity contribution in [1.82, 2.24) is 0 Å². The highest BCUT2D eigenvalue weighted by molar-refractivity contribution is 9.10. The van der Waals surface area contributed by atoms with Gasteiger partial charge in [-0.1, -0.05) is 23.7 Å². The molecule has 0 amide bonds. The first-order chi connectivity index (χ1) is 11.5. The molecule has 4 nitrogen and oxygen atoms in total. The molecule has 0 radical (unpaired) electrons. The lowest BCUT2D eigenvalue weighted by atomic mass is 9.83. The Kier molecular flexibility index (Phi) is 6.55. The molecular weight excluding hydrogens is 414 g/mol. The molecule has 0 fully saturated rings. The van der Waals surface area contributed by atoms with Crippen molar-refractivity contribution in [2.24, 2.45) is 5.92 Å². The highest BCUT2D eigenvalue weighted by Crippen LogP contribution is 2.33. The van der Waals surface area contributed by atoms with Crippen LogP contribution in [0.4, 0.5) is 0 Å². The zero-order chi connectivity index (χ0) is 17.7. The van der Waals surface area contributed by atoms with E-state index in [9.17, 15) is 14.9 Å². The molecule has 2 atom stereocenters. The van der Waals surface area contributed by atoms with Crippen molar-refractivity contribution in [2.75, 3.05) is 7.11 Å². The van der Waals surface area contributed by atoms with Crippen LogP contribution in [-0.2, 0) is 9.53 Å². The molecule has 0 N–H and O–H groups in total. The van der Waals surface area contributed by atoms with E-state index in [0.29, 0.717) is 19.9 Å². The second-order valence-electron chi connectivity index (χ2n) is 5.01. The molecule has 1 aromatic heterocycles. The minimum Gasteiger partial charge on any atom is -0.468 e. The molecule has 0 aliphatic rings. The molecule has 7 heteroatoms. The molecule has 1 heterocycles. The second kappa shape index (κ2) is 8.43. The highest BCUT2D eigenvalue weighted by Gasteiger charge is 2.33. The van der Waals surface area contributed by atoms with Gasteiger partial charge >= 0.3 is 5.97 Å². The van der Waals surface area contributed by atoms with Crippen molar-refractivity contribution in [1.29, 1.82) is 5.26 Å². The molecule has 2 unspecified atom stereocenters. The molecule has 24 heavy (non-hydrogen) atoms. The Labute approximate surface area is 157 Å². The number of nitrogens with zero attached hydrogens (tertiary/aromatic N) is 1. The van der Waals surface area contributed by atoms with E-state index in [1.165, 1.54) is 18.4 Å². The quantitative estimate of drug-likeness (QED) is 0.490. The van der Waals surface area contributed by atoms with Crippen LogP contribution in [0.25, 0.3) is 0 Å². The number of esters is 1. The molecule has 0 saturated heterocycles. The van der Waals surface area contributed by atoms with Crippen LogP contribution in [0.5, 0.6) is 0 Å². The van der Waals surface area contributed by atoms with E-state index in [1.54, 1.807) is 35.7 Å². The van der Waals surface area contributed by atoms with E-state index in [4.69, 9.17) is 16.3 Å². The number of thiophene rings is 1. The van der Waals surface area contributed by atoms with Gasteiger partial charge in [-0.05, 0) is 45.1 Å². The zero-order valence-corrected chi connectivity index (χ0v) is 15.8. The van der Waals surface area contributed by atoms with Crippen LogP contribution in [0, 0.1) is 17.2 Å². The van der Waals surface area contributed by atoms with E-state index in [2.05, 4.69) is 15.9 Å². The number of methoxy groups -OCH3 is 1. The molecule has 0 aliphatic carbocycles. The largest absolute Gasteiger partial charge is 0.468 e. The van der Waals surface area contributed by atoms with E-state index in [0.717, 1.165) is 0 Å². The van der Waals surface area contributed by atoms with Crippen molar-refractivity contribution in [3.63, 3.8) is 0 Å². The molecular formula is C17H13BrClNO3S. The Morgan fingerprint density at radius 3 is 2.50 bits per heavy atom. The van der Waals surface area contributed by atoms with Crippen LogP contribution in [0.15, 0.2) is 40.2 Å². The van der Waals surface area contributed by atoms with Gasteiger partial charge in [-0.2, -0.15) is 5.26 Å². The zero-order valence-electron chi connectivity index (χ0n) is 12.7. The first-order valence-electron chi connectivity index (χ1n) is 6.97. The van der Waals surface area contributed by atoms with E-state index in [1.807, 2.05) is 6.07 Å². The van der Waals surface area contributed by atoms with Gasteiger partial charge in [0, 0.05) is 21.8 Å². The first-order valence-corrected chi connectivity index (χ1v) is 9.02. The Hall–Kier alpha value is -1.68. The number of ketones is 1.